The quantitative estimate of drug-likeness (QED) is 0.757. The molecule has 0 radical (unpaired) electrons. The van der Waals surface area contributed by atoms with Crippen molar-refractivity contribution in [1.82, 2.24) is 0 Å². The standard InChI is InChI=1S/C22H28N2O3/c1-13(2)27-22(26)19-14(3)23-17-7-6-8-18(25)21(17)20(19)15-9-11-16(12-10-15)24(4)5/h9-13,19-20H,6-8H2,1-5H3/t19?,20-/m0/s1. The Balaban J connectivity index is 2.09. The Labute approximate surface area is 161 Å². The van der Waals surface area contributed by atoms with Crippen LogP contribution in [0.15, 0.2) is 40.5 Å². The summed E-state index contributed by atoms with van der Waals surface area (Å²) in [6.07, 6.45) is 1.92. The first-order valence-corrected chi connectivity index (χ1v) is 9.58. The second-order valence-corrected chi connectivity index (χ2v) is 7.82. The van der Waals surface area contributed by atoms with Gasteiger partial charge in [-0.1, -0.05) is 12.1 Å². The summed E-state index contributed by atoms with van der Waals surface area (Å²) in [4.78, 5) is 32.4. The molecule has 1 unspecified atom stereocenters. The molecule has 0 saturated carbocycles. The van der Waals surface area contributed by atoms with Crippen LogP contribution >= 0.6 is 0 Å². The average molecular weight is 368 g/mol. The number of Topliss-reactive ketones (excluding diaryl/α,β-unsaturated/α-hetero) is 1. The van der Waals surface area contributed by atoms with Crippen LogP contribution in [-0.2, 0) is 14.3 Å². The van der Waals surface area contributed by atoms with E-state index in [-0.39, 0.29) is 23.8 Å². The number of hydrogen-bond donors (Lipinski definition) is 0. The van der Waals surface area contributed by atoms with Crippen LogP contribution < -0.4 is 4.90 Å². The van der Waals surface area contributed by atoms with E-state index in [1.807, 2.05) is 64.0 Å². The first kappa shape index (κ1) is 19.3. The highest BCUT2D eigenvalue weighted by atomic mass is 16.5. The molecule has 2 aliphatic rings. The van der Waals surface area contributed by atoms with Gasteiger partial charge in [-0.05, 0) is 51.3 Å². The molecule has 2 atom stereocenters. The molecule has 1 aliphatic carbocycles. The van der Waals surface area contributed by atoms with Crippen molar-refractivity contribution in [1.29, 1.82) is 0 Å². The van der Waals surface area contributed by atoms with Crippen LogP contribution in [0.5, 0.6) is 0 Å². The molecule has 3 rings (SSSR count). The highest BCUT2D eigenvalue weighted by Crippen LogP contribution is 2.43. The number of ether oxygens (including phenoxy) is 1. The molecule has 0 bridgehead atoms. The van der Waals surface area contributed by atoms with E-state index >= 15 is 0 Å². The second kappa shape index (κ2) is 7.67. The van der Waals surface area contributed by atoms with Crippen molar-refractivity contribution in [3.63, 3.8) is 0 Å². The zero-order valence-electron chi connectivity index (χ0n) is 16.8. The summed E-state index contributed by atoms with van der Waals surface area (Å²) in [7, 11) is 3.97. The van der Waals surface area contributed by atoms with E-state index in [1.54, 1.807) is 0 Å². The number of carbonyl (C=O) groups excluding carboxylic acids is 2. The number of carbonyl (C=O) groups is 2. The summed E-state index contributed by atoms with van der Waals surface area (Å²) >= 11 is 0. The van der Waals surface area contributed by atoms with E-state index in [0.29, 0.717) is 12.0 Å². The maximum Gasteiger partial charge on any atom is 0.315 e. The summed E-state index contributed by atoms with van der Waals surface area (Å²) in [6, 6.07) is 8.07. The molecule has 0 N–H and O–H groups in total. The van der Waals surface area contributed by atoms with Crippen LogP contribution in [0.25, 0.3) is 0 Å². The number of rotatable bonds is 4. The van der Waals surface area contributed by atoms with Crippen molar-refractivity contribution in [3.05, 3.63) is 41.1 Å². The molecule has 1 aromatic rings. The lowest BCUT2D eigenvalue weighted by Crippen LogP contribution is -2.38. The monoisotopic (exact) mass is 368 g/mol. The van der Waals surface area contributed by atoms with Crippen LogP contribution in [0.4, 0.5) is 5.69 Å². The lowest BCUT2D eigenvalue weighted by Gasteiger charge is -2.35. The van der Waals surface area contributed by atoms with E-state index < -0.39 is 5.92 Å². The van der Waals surface area contributed by atoms with Gasteiger partial charge in [-0.3, -0.25) is 14.6 Å². The Morgan fingerprint density at radius 2 is 1.85 bits per heavy atom. The molecule has 1 heterocycles. The van der Waals surface area contributed by atoms with Gasteiger partial charge in [-0.25, -0.2) is 0 Å². The van der Waals surface area contributed by atoms with Crippen molar-refractivity contribution >= 4 is 23.2 Å². The number of allylic oxidation sites excluding steroid dienone is 2. The average Bonchev–Trinajstić information content (AvgIpc) is 2.60. The van der Waals surface area contributed by atoms with Crippen LogP contribution in [0.3, 0.4) is 0 Å². The zero-order chi connectivity index (χ0) is 19.7. The fourth-order valence-corrected chi connectivity index (χ4v) is 3.96. The topological polar surface area (TPSA) is 59.0 Å². The van der Waals surface area contributed by atoms with Crippen molar-refractivity contribution < 1.29 is 14.3 Å². The van der Waals surface area contributed by atoms with Crippen LogP contribution in [0.2, 0.25) is 0 Å². The minimum Gasteiger partial charge on any atom is -0.462 e. The van der Waals surface area contributed by atoms with Crippen molar-refractivity contribution in [2.75, 3.05) is 19.0 Å². The molecule has 27 heavy (non-hydrogen) atoms. The lowest BCUT2D eigenvalue weighted by atomic mass is 9.71. The SMILES string of the molecule is CC1=NC2=C(C(=O)CCC2)[C@@H](c2ccc(N(C)C)cc2)C1C(=O)OC(C)C. The molecule has 1 aliphatic heterocycles. The summed E-state index contributed by atoms with van der Waals surface area (Å²) in [5.74, 6) is -1.08. The zero-order valence-corrected chi connectivity index (χ0v) is 16.8. The maximum absolute atomic E-state index is 12.9. The van der Waals surface area contributed by atoms with Crippen LogP contribution in [-0.4, -0.2) is 37.7 Å². The summed E-state index contributed by atoms with van der Waals surface area (Å²) < 4.78 is 5.53. The third kappa shape index (κ3) is 3.82. The number of benzene rings is 1. The normalized spacial score (nSPS) is 22.4. The first-order valence-electron chi connectivity index (χ1n) is 9.58. The lowest BCUT2D eigenvalue weighted by molar-refractivity contribution is -0.150. The Morgan fingerprint density at radius 1 is 1.19 bits per heavy atom. The van der Waals surface area contributed by atoms with Gasteiger partial charge in [-0.15, -0.1) is 0 Å². The number of hydrogen-bond acceptors (Lipinski definition) is 5. The largest absolute Gasteiger partial charge is 0.462 e. The Kier molecular flexibility index (Phi) is 5.49. The third-order valence-corrected chi connectivity index (χ3v) is 5.21. The van der Waals surface area contributed by atoms with E-state index in [2.05, 4.69) is 4.99 Å². The van der Waals surface area contributed by atoms with E-state index in [0.717, 1.165) is 35.5 Å². The van der Waals surface area contributed by atoms with Gasteiger partial charge in [0.05, 0.1) is 6.10 Å². The molecular formula is C22H28N2O3. The molecule has 0 spiro atoms. The molecule has 5 heteroatoms. The second-order valence-electron chi connectivity index (χ2n) is 7.82. The van der Waals surface area contributed by atoms with Gasteiger partial charge < -0.3 is 9.64 Å². The molecular weight excluding hydrogens is 340 g/mol. The number of esters is 1. The molecule has 0 aromatic heterocycles. The van der Waals surface area contributed by atoms with Crippen molar-refractivity contribution in [3.8, 4) is 0 Å². The maximum atomic E-state index is 12.9. The van der Waals surface area contributed by atoms with Gasteiger partial charge in [0.15, 0.2) is 5.78 Å². The number of aliphatic imine (C=N–C) groups is 1. The third-order valence-electron chi connectivity index (χ3n) is 5.21. The summed E-state index contributed by atoms with van der Waals surface area (Å²) in [6.45, 7) is 5.55. The van der Waals surface area contributed by atoms with Crippen LogP contribution in [0.1, 0.15) is 51.5 Å². The molecule has 0 fully saturated rings. The van der Waals surface area contributed by atoms with Crippen LogP contribution in [0, 0.1) is 5.92 Å². The van der Waals surface area contributed by atoms with E-state index in [4.69, 9.17) is 4.74 Å². The molecule has 144 valence electrons. The number of ketones is 1. The Hall–Kier alpha value is -2.43. The molecule has 0 amide bonds. The smallest absolute Gasteiger partial charge is 0.315 e. The van der Waals surface area contributed by atoms with Gasteiger partial charge in [0.2, 0.25) is 0 Å². The number of nitrogens with zero attached hydrogens (tertiary/aromatic N) is 2. The fraction of sp³-hybridized carbons (Fsp3) is 0.500. The summed E-state index contributed by atoms with van der Waals surface area (Å²) in [5, 5.41) is 0. The van der Waals surface area contributed by atoms with Gasteiger partial charge >= 0.3 is 5.97 Å². The summed E-state index contributed by atoms with van der Waals surface area (Å²) in [5.41, 5.74) is 4.32. The Morgan fingerprint density at radius 3 is 2.44 bits per heavy atom. The first-order chi connectivity index (χ1) is 12.8. The van der Waals surface area contributed by atoms with E-state index in [9.17, 15) is 9.59 Å². The highest BCUT2D eigenvalue weighted by Gasteiger charge is 2.43. The van der Waals surface area contributed by atoms with Crippen molar-refractivity contribution in [2.45, 2.75) is 52.1 Å². The number of anilines is 1. The van der Waals surface area contributed by atoms with Gasteiger partial charge in [0.25, 0.3) is 0 Å². The van der Waals surface area contributed by atoms with Crippen molar-refractivity contribution in [2.24, 2.45) is 10.9 Å². The minimum absolute atomic E-state index is 0.108. The minimum atomic E-state index is -0.557. The predicted octanol–water partition coefficient (Wildman–Crippen LogP) is 3.89. The molecule has 0 saturated heterocycles. The predicted molar refractivity (Wildman–Crippen MR) is 107 cm³/mol. The van der Waals surface area contributed by atoms with Gasteiger partial charge in [0, 0.05) is 49.1 Å². The Bertz CT molecular complexity index is 803. The van der Waals surface area contributed by atoms with Gasteiger partial charge in [-0.2, -0.15) is 0 Å². The molecule has 1 aromatic carbocycles. The molecule has 5 nitrogen and oxygen atoms in total. The van der Waals surface area contributed by atoms with Gasteiger partial charge in [0.1, 0.15) is 5.92 Å². The highest BCUT2D eigenvalue weighted by molar-refractivity contribution is 6.08. The fourth-order valence-electron chi connectivity index (χ4n) is 3.96. The van der Waals surface area contributed by atoms with E-state index in [1.165, 1.54) is 0 Å².